The highest BCUT2D eigenvalue weighted by atomic mass is 16.4. The summed E-state index contributed by atoms with van der Waals surface area (Å²) in [6, 6.07) is 9.85. The third-order valence-electron chi connectivity index (χ3n) is 3.72. The highest BCUT2D eigenvalue weighted by Gasteiger charge is 2.33. The Labute approximate surface area is 125 Å². The van der Waals surface area contributed by atoms with Crippen LogP contribution in [0, 0.1) is 0 Å². The number of urea groups is 1. The average Bonchev–Trinajstić information content (AvgIpc) is 3.30. The number of nitrogens with zero attached hydrogens (tertiary/aromatic N) is 1. The first-order chi connectivity index (χ1) is 10.1. The monoisotopic (exact) mass is 290 g/mol. The van der Waals surface area contributed by atoms with Crippen molar-refractivity contribution in [1.29, 1.82) is 0 Å². The van der Waals surface area contributed by atoms with Crippen molar-refractivity contribution >= 4 is 12.0 Å². The van der Waals surface area contributed by atoms with Crippen LogP contribution in [0.2, 0.25) is 0 Å². The largest absolute Gasteiger partial charge is 0.481 e. The van der Waals surface area contributed by atoms with Crippen molar-refractivity contribution in [3.05, 3.63) is 35.9 Å². The summed E-state index contributed by atoms with van der Waals surface area (Å²) in [5.41, 5.74) is 1.07. The van der Waals surface area contributed by atoms with Crippen molar-refractivity contribution in [3.8, 4) is 0 Å². The summed E-state index contributed by atoms with van der Waals surface area (Å²) in [5.74, 6) is -0.872. The van der Waals surface area contributed by atoms with Gasteiger partial charge in [0.15, 0.2) is 0 Å². The average molecular weight is 290 g/mol. The van der Waals surface area contributed by atoms with Crippen molar-refractivity contribution < 1.29 is 14.7 Å². The molecule has 0 radical (unpaired) electrons. The van der Waals surface area contributed by atoms with Crippen LogP contribution in [0.25, 0.3) is 0 Å². The number of nitrogens with one attached hydrogen (secondary N) is 1. The van der Waals surface area contributed by atoms with Gasteiger partial charge in [-0.3, -0.25) is 4.79 Å². The summed E-state index contributed by atoms with van der Waals surface area (Å²) in [6.07, 6.45) is 2.73. The van der Waals surface area contributed by atoms with Gasteiger partial charge >= 0.3 is 12.0 Å². The standard InChI is InChI=1S/C16H22N2O3/c1-2-14(12-6-4-3-5-7-12)17-16(21)18(13-8-9-13)11-10-15(19)20/h3-7,13-14H,2,8-11H2,1H3,(H,17,21)(H,19,20). The summed E-state index contributed by atoms with van der Waals surface area (Å²) < 4.78 is 0. The predicted molar refractivity (Wildman–Crippen MR) is 80.0 cm³/mol. The number of carbonyl (C=O) groups is 2. The molecule has 0 aliphatic heterocycles. The summed E-state index contributed by atoms with van der Waals surface area (Å²) in [4.78, 5) is 24.8. The minimum atomic E-state index is -0.872. The van der Waals surface area contributed by atoms with Crippen LogP contribution in [0.1, 0.15) is 44.2 Å². The minimum absolute atomic E-state index is 0.00789. The fourth-order valence-electron chi connectivity index (χ4n) is 2.39. The third-order valence-corrected chi connectivity index (χ3v) is 3.72. The topological polar surface area (TPSA) is 69.6 Å². The molecule has 1 saturated carbocycles. The SMILES string of the molecule is CCC(NC(=O)N(CCC(=O)O)C1CC1)c1ccccc1. The van der Waals surface area contributed by atoms with Crippen LogP contribution in [0.5, 0.6) is 0 Å². The molecule has 1 aromatic carbocycles. The van der Waals surface area contributed by atoms with Crippen LogP contribution < -0.4 is 5.32 Å². The lowest BCUT2D eigenvalue weighted by molar-refractivity contribution is -0.137. The molecule has 1 unspecified atom stereocenters. The summed E-state index contributed by atoms with van der Waals surface area (Å²) in [5, 5.41) is 11.8. The van der Waals surface area contributed by atoms with Crippen LogP contribution in [0.3, 0.4) is 0 Å². The number of amides is 2. The molecule has 0 saturated heterocycles. The molecule has 2 rings (SSSR count). The molecule has 0 heterocycles. The number of carboxylic acid groups (broad SMARTS) is 1. The molecule has 21 heavy (non-hydrogen) atoms. The molecule has 1 aliphatic carbocycles. The van der Waals surface area contributed by atoms with Crippen LogP contribution in [-0.4, -0.2) is 34.6 Å². The zero-order valence-electron chi connectivity index (χ0n) is 12.3. The molecule has 0 bridgehead atoms. The Morgan fingerprint density at radius 2 is 2.00 bits per heavy atom. The van der Waals surface area contributed by atoms with Gasteiger partial charge in [-0.2, -0.15) is 0 Å². The highest BCUT2D eigenvalue weighted by Crippen LogP contribution is 2.27. The van der Waals surface area contributed by atoms with E-state index in [1.165, 1.54) is 0 Å². The van der Waals surface area contributed by atoms with Gasteiger partial charge < -0.3 is 15.3 Å². The molecule has 1 aromatic rings. The lowest BCUT2D eigenvalue weighted by Gasteiger charge is -2.26. The summed E-state index contributed by atoms with van der Waals surface area (Å²) in [7, 11) is 0. The fraction of sp³-hybridized carbons (Fsp3) is 0.500. The number of hydrogen-bond donors (Lipinski definition) is 2. The second-order valence-corrected chi connectivity index (χ2v) is 5.39. The van der Waals surface area contributed by atoms with E-state index < -0.39 is 5.97 Å². The number of carbonyl (C=O) groups excluding carboxylic acids is 1. The van der Waals surface area contributed by atoms with Gasteiger partial charge in [0.2, 0.25) is 0 Å². The van der Waals surface area contributed by atoms with E-state index in [2.05, 4.69) is 5.32 Å². The first kappa shape index (κ1) is 15.4. The van der Waals surface area contributed by atoms with Gasteiger partial charge in [-0.05, 0) is 24.8 Å². The number of aliphatic carboxylic acids is 1. The Morgan fingerprint density at radius 3 is 2.52 bits per heavy atom. The quantitative estimate of drug-likeness (QED) is 0.811. The molecule has 5 heteroatoms. The maximum absolute atomic E-state index is 12.4. The Morgan fingerprint density at radius 1 is 1.33 bits per heavy atom. The van der Waals surface area contributed by atoms with Crippen molar-refractivity contribution in [2.75, 3.05) is 6.54 Å². The van der Waals surface area contributed by atoms with Crippen molar-refractivity contribution in [1.82, 2.24) is 10.2 Å². The zero-order valence-corrected chi connectivity index (χ0v) is 12.3. The van der Waals surface area contributed by atoms with E-state index in [4.69, 9.17) is 5.11 Å². The van der Waals surface area contributed by atoms with Crippen LogP contribution >= 0.6 is 0 Å². The van der Waals surface area contributed by atoms with Gasteiger partial charge in [0.25, 0.3) is 0 Å². The molecule has 0 aromatic heterocycles. The Balaban J connectivity index is 1.98. The molecular formula is C16H22N2O3. The van der Waals surface area contributed by atoms with Crippen molar-refractivity contribution in [3.63, 3.8) is 0 Å². The number of carboxylic acids is 1. The van der Waals surface area contributed by atoms with E-state index >= 15 is 0 Å². The van der Waals surface area contributed by atoms with Gasteiger partial charge in [-0.1, -0.05) is 37.3 Å². The van der Waals surface area contributed by atoms with E-state index in [1.807, 2.05) is 37.3 Å². The number of benzene rings is 1. The molecule has 1 aliphatic rings. The van der Waals surface area contributed by atoms with Crippen LogP contribution in [0.15, 0.2) is 30.3 Å². The van der Waals surface area contributed by atoms with E-state index in [-0.39, 0.29) is 31.1 Å². The van der Waals surface area contributed by atoms with Crippen molar-refractivity contribution in [2.45, 2.75) is 44.7 Å². The molecule has 2 amide bonds. The molecule has 2 N–H and O–H groups in total. The molecule has 114 valence electrons. The van der Waals surface area contributed by atoms with Gasteiger partial charge in [0.05, 0.1) is 12.5 Å². The Kier molecular flexibility index (Phi) is 5.20. The summed E-state index contributed by atoms with van der Waals surface area (Å²) in [6.45, 7) is 2.30. The Hall–Kier alpha value is -2.04. The molecule has 5 nitrogen and oxygen atoms in total. The van der Waals surface area contributed by atoms with Crippen LogP contribution in [-0.2, 0) is 4.79 Å². The van der Waals surface area contributed by atoms with E-state index in [1.54, 1.807) is 4.90 Å². The lowest BCUT2D eigenvalue weighted by atomic mass is 10.1. The van der Waals surface area contributed by atoms with Gasteiger partial charge in [-0.25, -0.2) is 4.79 Å². The zero-order chi connectivity index (χ0) is 15.2. The van der Waals surface area contributed by atoms with E-state index in [9.17, 15) is 9.59 Å². The molecular weight excluding hydrogens is 268 g/mol. The van der Waals surface area contributed by atoms with E-state index in [0.29, 0.717) is 0 Å². The highest BCUT2D eigenvalue weighted by molar-refractivity contribution is 5.76. The fourth-order valence-corrected chi connectivity index (χ4v) is 2.39. The second-order valence-electron chi connectivity index (χ2n) is 5.39. The smallest absolute Gasteiger partial charge is 0.318 e. The first-order valence-corrected chi connectivity index (χ1v) is 7.45. The lowest BCUT2D eigenvalue weighted by Crippen LogP contribution is -2.43. The van der Waals surface area contributed by atoms with E-state index in [0.717, 1.165) is 24.8 Å². The Bertz CT molecular complexity index is 486. The first-order valence-electron chi connectivity index (χ1n) is 7.45. The second kappa shape index (κ2) is 7.11. The third kappa shape index (κ3) is 4.48. The molecule has 1 atom stereocenters. The number of hydrogen-bond acceptors (Lipinski definition) is 2. The number of rotatable bonds is 7. The normalized spacial score (nSPS) is 15.3. The van der Waals surface area contributed by atoms with Gasteiger partial charge in [-0.15, -0.1) is 0 Å². The van der Waals surface area contributed by atoms with Crippen LogP contribution in [0.4, 0.5) is 4.79 Å². The maximum atomic E-state index is 12.4. The van der Waals surface area contributed by atoms with Gasteiger partial charge in [0.1, 0.15) is 0 Å². The van der Waals surface area contributed by atoms with Crippen molar-refractivity contribution in [2.24, 2.45) is 0 Å². The minimum Gasteiger partial charge on any atom is -0.481 e. The molecule has 1 fully saturated rings. The summed E-state index contributed by atoms with van der Waals surface area (Å²) >= 11 is 0. The maximum Gasteiger partial charge on any atom is 0.318 e. The van der Waals surface area contributed by atoms with Gasteiger partial charge in [0, 0.05) is 12.6 Å². The molecule has 0 spiro atoms. The predicted octanol–water partition coefficient (Wildman–Crippen LogP) is 2.79.